The normalized spacial score (nSPS) is 23.6. The number of aromatic nitrogens is 4. The molecule has 0 aliphatic heterocycles. The molecular weight excluding hydrogens is 365 g/mol. The lowest BCUT2D eigenvalue weighted by Crippen LogP contribution is -2.27. The molecule has 3 rings (SSSR count). The van der Waals surface area contributed by atoms with Crippen molar-refractivity contribution in [2.75, 3.05) is 5.73 Å². The number of rotatable bonds is 1. The Morgan fingerprint density at radius 1 is 1.30 bits per heavy atom. The van der Waals surface area contributed by atoms with Crippen LogP contribution in [-0.2, 0) is 0 Å². The Kier molecular flexibility index (Phi) is 3.38. The van der Waals surface area contributed by atoms with Crippen LogP contribution < -0.4 is 5.73 Å². The van der Waals surface area contributed by atoms with Gasteiger partial charge in [-0.3, -0.25) is 0 Å². The van der Waals surface area contributed by atoms with Crippen molar-refractivity contribution in [2.45, 2.75) is 46.1 Å². The number of nitrogens with two attached hydrogens (primary N) is 1. The van der Waals surface area contributed by atoms with Crippen LogP contribution in [0.5, 0.6) is 0 Å². The van der Waals surface area contributed by atoms with Crippen LogP contribution in [0.1, 0.15) is 46.1 Å². The molecule has 2 heterocycles. The van der Waals surface area contributed by atoms with Crippen molar-refractivity contribution in [2.24, 2.45) is 11.3 Å². The van der Waals surface area contributed by atoms with E-state index >= 15 is 0 Å². The van der Waals surface area contributed by atoms with E-state index in [1.807, 2.05) is 0 Å². The highest BCUT2D eigenvalue weighted by molar-refractivity contribution is 14.1. The molecule has 1 saturated carbocycles. The summed E-state index contributed by atoms with van der Waals surface area (Å²) >= 11 is 2.23. The average molecular weight is 385 g/mol. The third-order valence-electron chi connectivity index (χ3n) is 4.38. The smallest absolute Gasteiger partial charge is 0.164 e. The van der Waals surface area contributed by atoms with Crippen LogP contribution in [0.25, 0.3) is 11.0 Å². The number of hydrogen-bond acceptors (Lipinski definition) is 4. The minimum Gasteiger partial charge on any atom is -0.383 e. The minimum atomic E-state index is 0.281. The second kappa shape index (κ2) is 4.82. The molecule has 2 aromatic rings. The van der Waals surface area contributed by atoms with E-state index in [0.29, 0.717) is 17.8 Å². The molecule has 0 spiro atoms. The topological polar surface area (TPSA) is 69.6 Å². The Morgan fingerprint density at radius 3 is 2.75 bits per heavy atom. The van der Waals surface area contributed by atoms with Gasteiger partial charge in [-0.15, -0.1) is 0 Å². The number of anilines is 1. The first-order chi connectivity index (χ1) is 9.39. The molecule has 2 atom stereocenters. The zero-order chi connectivity index (χ0) is 14.5. The molecule has 2 unspecified atom stereocenters. The van der Waals surface area contributed by atoms with E-state index in [4.69, 9.17) is 10.8 Å². The van der Waals surface area contributed by atoms with E-state index in [-0.39, 0.29) is 5.41 Å². The van der Waals surface area contributed by atoms with Crippen molar-refractivity contribution < 1.29 is 0 Å². The number of fused-ring (bicyclic) bond motifs is 1. The molecule has 2 aromatic heterocycles. The van der Waals surface area contributed by atoms with Crippen molar-refractivity contribution in [3.05, 3.63) is 10.0 Å². The first-order valence-corrected chi connectivity index (χ1v) is 8.11. The van der Waals surface area contributed by atoms with Gasteiger partial charge in [0.05, 0.1) is 11.4 Å². The first-order valence-electron chi connectivity index (χ1n) is 7.04. The SMILES string of the molecule is CC(C)(C)C1CCCC1n1nc(I)c2c(N)ncnc21. The highest BCUT2D eigenvalue weighted by Gasteiger charge is 2.38. The number of nitrogen functional groups attached to an aromatic ring is 1. The summed E-state index contributed by atoms with van der Waals surface area (Å²) in [7, 11) is 0. The van der Waals surface area contributed by atoms with Crippen LogP contribution in [-0.4, -0.2) is 19.7 Å². The maximum absolute atomic E-state index is 5.98. The van der Waals surface area contributed by atoms with E-state index in [1.165, 1.54) is 25.6 Å². The third-order valence-corrected chi connectivity index (χ3v) is 5.14. The Morgan fingerprint density at radius 2 is 2.05 bits per heavy atom. The van der Waals surface area contributed by atoms with Gasteiger partial charge in [0.2, 0.25) is 0 Å². The standard InChI is InChI=1S/C14H20IN5/c1-14(2,3)8-5-4-6-9(8)20-13-10(11(15)19-20)12(16)17-7-18-13/h7-9H,4-6H2,1-3H3,(H2,16,17,18). The van der Waals surface area contributed by atoms with Crippen LogP contribution in [0.3, 0.4) is 0 Å². The molecule has 5 nitrogen and oxygen atoms in total. The lowest BCUT2D eigenvalue weighted by Gasteiger charge is -2.32. The summed E-state index contributed by atoms with van der Waals surface area (Å²) in [5.41, 5.74) is 7.14. The summed E-state index contributed by atoms with van der Waals surface area (Å²) in [6.45, 7) is 6.95. The van der Waals surface area contributed by atoms with Gasteiger partial charge in [-0.2, -0.15) is 5.10 Å². The lowest BCUT2D eigenvalue weighted by molar-refractivity contribution is 0.182. The van der Waals surface area contributed by atoms with Crippen LogP contribution >= 0.6 is 22.6 Å². The number of halogens is 1. The Labute approximate surface area is 132 Å². The molecular formula is C14H20IN5. The van der Waals surface area contributed by atoms with Gasteiger partial charge in [-0.05, 0) is 46.8 Å². The molecule has 20 heavy (non-hydrogen) atoms. The largest absolute Gasteiger partial charge is 0.383 e. The highest BCUT2D eigenvalue weighted by Crippen LogP contribution is 2.46. The fraction of sp³-hybridized carbons (Fsp3) is 0.643. The molecule has 0 saturated heterocycles. The molecule has 1 aliphatic rings. The van der Waals surface area contributed by atoms with Crippen LogP contribution in [0, 0.1) is 15.0 Å². The number of hydrogen-bond donors (Lipinski definition) is 1. The maximum atomic E-state index is 5.98. The highest BCUT2D eigenvalue weighted by atomic mass is 127. The Bertz CT molecular complexity index is 643. The summed E-state index contributed by atoms with van der Waals surface area (Å²) < 4.78 is 2.99. The second-order valence-electron chi connectivity index (χ2n) is 6.66. The predicted molar refractivity (Wildman–Crippen MR) is 88.3 cm³/mol. The summed E-state index contributed by atoms with van der Waals surface area (Å²) in [5.74, 6) is 1.15. The van der Waals surface area contributed by atoms with E-state index in [9.17, 15) is 0 Å². The molecule has 0 aromatic carbocycles. The van der Waals surface area contributed by atoms with Crippen molar-refractivity contribution in [3.8, 4) is 0 Å². The molecule has 6 heteroatoms. The van der Waals surface area contributed by atoms with E-state index in [1.54, 1.807) is 0 Å². The van der Waals surface area contributed by atoms with Crippen LogP contribution in [0.15, 0.2) is 6.33 Å². The van der Waals surface area contributed by atoms with Gasteiger partial charge < -0.3 is 5.73 Å². The molecule has 2 N–H and O–H groups in total. The van der Waals surface area contributed by atoms with E-state index in [2.05, 4.69) is 58.0 Å². The molecule has 0 bridgehead atoms. The van der Waals surface area contributed by atoms with Crippen molar-refractivity contribution in [3.63, 3.8) is 0 Å². The summed E-state index contributed by atoms with van der Waals surface area (Å²) in [5, 5.41) is 5.61. The summed E-state index contributed by atoms with van der Waals surface area (Å²) in [6.07, 6.45) is 5.21. The lowest BCUT2D eigenvalue weighted by atomic mass is 9.77. The Balaban J connectivity index is 2.13. The molecule has 1 aliphatic carbocycles. The second-order valence-corrected chi connectivity index (χ2v) is 7.69. The fourth-order valence-electron chi connectivity index (χ4n) is 3.43. The fourth-order valence-corrected chi connectivity index (χ4v) is 4.18. The minimum absolute atomic E-state index is 0.281. The maximum Gasteiger partial charge on any atom is 0.164 e. The van der Waals surface area contributed by atoms with Gasteiger partial charge in [-0.1, -0.05) is 27.2 Å². The molecule has 0 amide bonds. The predicted octanol–water partition coefficient (Wildman–Crippen LogP) is 3.40. The van der Waals surface area contributed by atoms with Crippen LogP contribution in [0.2, 0.25) is 0 Å². The van der Waals surface area contributed by atoms with Gasteiger partial charge in [0.1, 0.15) is 15.8 Å². The molecule has 108 valence electrons. The molecule has 0 radical (unpaired) electrons. The zero-order valence-corrected chi connectivity index (χ0v) is 14.3. The van der Waals surface area contributed by atoms with Crippen molar-refractivity contribution >= 4 is 39.4 Å². The first kappa shape index (κ1) is 14.0. The summed E-state index contributed by atoms with van der Waals surface area (Å²) in [4.78, 5) is 8.51. The zero-order valence-electron chi connectivity index (χ0n) is 12.1. The van der Waals surface area contributed by atoms with Crippen LogP contribution in [0.4, 0.5) is 5.82 Å². The van der Waals surface area contributed by atoms with Gasteiger partial charge in [-0.25, -0.2) is 14.6 Å². The molecule has 1 fully saturated rings. The van der Waals surface area contributed by atoms with E-state index < -0.39 is 0 Å². The van der Waals surface area contributed by atoms with Crippen molar-refractivity contribution in [1.82, 2.24) is 19.7 Å². The van der Waals surface area contributed by atoms with Gasteiger partial charge in [0.25, 0.3) is 0 Å². The van der Waals surface area contributed by atoms with Gasteiger partial charge >= 0.3 is 0 Å². The van der Waals surface area contributed by atoms with Crippen molar-refractivity contribution in [1.29, 1.82) is 0 Å². The Hall–Kier alpha value is -0.920. The average Bonchev–Trinajstić information content (AvgIpc) is 2.94. The quantitative estimate of drug-likeness (QED) is 0.764. The third kappa shape index (κ3) is 2.17. The van der Waals surface area contributed by atoms with E-state index in [0.717, 1.165) is 14.7 Å². The monoisotopic (exact) mass is 385 g/mol. The summed E-state index contributed by atoms with van der Waals surface area (Å²) in [6, 6.07) is 0.412. The van der Waals surface area contributed by atoms with Gasteiger partial charge in [0.15, 0.2) is 5.65 Å². The van der Waals surface area contributed by atoms with Gasteiger partial charge in [0, 0.05) is 0 Å². The number of nitrogens with zero attached hydrogens (tertiary/aromatic N) is 4.